The Morgan fingerprint density at radius 1 is 1.32 bits per heavy atom. The van der Waals surface area contributed by atoms with E-state index in [2.05, 4.69) is 19.6 Å². The predicted molar refractivity (Wildman–Crippen MR) is 118 cm³/mol. The monoisotopic (exact) mass is 466 g/mol. The Labute approximate surface area is 183 Å². The number of halogens is 2. The number of aromatic nitrogens is 2. The van der Waals surface area contributed by atoms with Crippen LogP contribution >= 0.6 is 11.6 Å². The number of hydrogen-bond acceptors (Lipinski definition) is 8. The lowest BCUT2D eigenvalue weighted by molar-refractivity contribution is -0.123. The number of anilines is 2. The molecule has 2 N–H and O–H groups in total. The van der Waals surface area contributed by atoms with Gasteiger partial charge in [-0.25, -0.2) is 18.6 Å². The number of ether oxygens (including phenoxy) is 1. The van der Waals surface area contributed by atoms with Crippen molar-refractivity contribution < 1.29 is 23.2 Å². The van der Waals surface area contributed by atoms with E-state index < -0.39 is 27.8 Å². The van der Waals surface area contributed by atoms with Crippen LogP contribution in [0.1, 0.15) is 6.92 Å². The summed E-state index contributed by atoms with van der Waals surface area (Å²) in [5, 5.41) is 13.2. The van der Waals surface area contributed by atoms with Gasteiger partial charge in [-0.2, -0.15) is 4.36 Å². The van der Waals surface area contributed by atoms with Crippen molar-refractivity contribution >= 4 is 55.7 Å². The van der Waals surface area contributed by atoms with Crippen LogP contribution in [-0.4, -0.2) is 50.3 Å². The first-order valence-electron chi connectivity index (χ1n) is 8.98. The van der Waals surface area contributed by atoms with E-state index in [9.17, 15) is 18.5 Å². The van der Waals surface area contributed by atoms with E-state index in [0.29, 0.717) is 28.7 Å². The van der Waals surface area contributed by atoms with Gasteiger partial charge in [0, 0.05) is 28.3 Å². The van der Waals surface area contributed by atoms with Crippen molar-refractivity contribution in [1.82, 2.24) is 9.97 Å². The number of nitrogens with zero attached hydrogens (tertiary/aromatic N) is 3. The summed E-state index contributed by atoms with van der Waals surface area (Å²) in [5.74, 6) is -0.301. The maximum Gasteiger partial charge on any atom is 0.184 e. The highest BCUT2D eigenvalue weighted by atomic mass is 35.5. The highest BCUT2D eigenvalue weighted by Crippen LogP contribution is 2.36. The van der Waals surface area contributed by atoms with Crippen molar-refractivity contribution in [2.45, 2.75) is 12.5 Å². The van der Waals surface area contributed by atoms with Crippen LogP contribution < -0.4 is 10.1 Å². The summed E-state index contributed by atoms with van der Waals surface area (Å²) >= 11 is 6.44. The van der Waals surface area contributed by atoms with Gasteiger partial charge in [0.05, 0.1) is 33.9 Å². The van der Waals surface area contributed by atoms with Gasteiger partial charge in [0.2, 0.25) is 0 Å². The molecule has 0 aliphatic heterocycles. The zero-order chi connectivity index (χ0) is 22.8. The smallest absolute Gasteiger partial charge is 0.184 e. The number of nitrogens with one attached hydrogen (secondary N) is 1. The molecule has 0 aliphatic rings. The predicted octanol–water partition coefficient (Wildman–Crippen LogP) is 3.85. The maximum absolute atomic E-state index is 13.8. The Hall–Kier alpha value is -2.82. The average molecular weight is 467 g/mol. The molecule has 0 fully saturated rings. The lowest BCUT2D eigenvalue weighted by Gasteiger charge is -2.24. The molecule has 0 aliphatic carbocycles. The minimum absolute atomic E-state index is 0.00476. The fraction of sp³-hybridized carbons (Fsp3) is 0.250. The molecule has 0 saturated carbocycles. The molecule has 31 heavy (non-hydrogen) atoms. The van der Waals surface area contributed by atoms with Gasteiger partial charge in [-0.15, -0.1) is 0 Å². The first kappa shape index (κ1) is 22.9. The first-order chi connectivity index (χ1) is 14.5. The van der Waals surface area contributed by atoms with E-state index in [1.165, 1.54) is 37.9 Å². The van der Waals surface area contributed by atoms with Gasteiger partial charge in [0.25, 0.3) is 0 Å². The summed E-state index contributed by atoms with van der Waals surface area (Å²) in [6, 6.07) is 6.86. The van der Waals surface area contributed by atoms with Crippen molar-refractivity contribution in [2.24, 2.45) is 4.36 Å². The van der Waals surface area contributed by atoms with E-state index in [0.717, 1.165) is 6.07 Å². The molecule has 3 rings (SSSR count). The third-order valence-corrected chi connectivity index (χ3v) is 5.05. The van der Waals surface area contributed by atoms with Crippen LogP contribution in [0.25, 0.3) is 10.9 Å². The summed E-state index contributed by atoms with van der Waals surface area (Å²) in [4.78, 5) is 19.7. The lowest BCUT2D eigenvalue weighted by atomic mass is 10.1. The molecule has 1 aromatic heterocycles. The average Bonchev–Trinajstić information content (AvgIpc) is 2.68. The number of hydrogen-bond donors (Lipinski definition) is 2. The molecule has 1 atom stereocenters. The minimum atomic E-state index is -2.40. The molecule has 0 spiro atoms. The van der Waals surface area contributed by atoms with Gasteiger partial charge >= 0.3 is 0 Å². The number of benzene rings is 2. The molecule has 164 valence electrons. The fourth-order valence-corrected chi connectivity index (χ4v) is 3.60. The molecule has 0 unspecified atom stereocenters. The van der Waals surface area contributed by atoms with Crippen molar-refractivity contribution in [1.29, 1.82) is 0 Å². The summed E-state index contributed by atoms with van der Waals surface area (Å²) in [6.45, 7) is 0.773. The van der Waals surface area contributed by atoms with Crippen LogP contribution in [0.4, 0.5) is 21.6 Å². The summed E-state index contributed by atoms with van der Waals surface area (Å²) in [7, 11) is -2.40. The van der Waals surface area contributed by atoms with Crippen molar-refractivity contribution in [3.8, 4) is 5.75 Å². The third kappa shape index (κ3) is 5.46. The number of rotatable bonds is 7. The van der Waals surface area contributed by atoms with Gasteiger partial charge in [-0.05, 0) is 31.2 Å². The SMILES string of the molecule is C[C@](C=O)(CO)Oc1cc(F)ccc1Nc1ncnc2cc(N=S(C)(C)=O)cc(Cl)c12. The number of aliphatic hydroxyl groups excluding tert-OH is 1. The summed E-state index contributed by atoms with van der Waals surface area (Å²) in [5.41, 5.74) is -0.407. The van der Waals surface area contributed by atoms with Crippen LogP contribution in [0.2, 0.25) is 5.02 Å². The van der Waals surface area contributed by atoms with Crippen LogP contribution in [-0.2, 0) is 14.5 Å². The van der Waals surface area contributed by atoms with Gasteiger partial charge in [-0.3, -0.25) is 4.79 Å². The summed E-state index contributed by atoms with van der Waals surface area (Å²) in [6.07, 6.45) is 4.75. The van der Waals surface area contributed by atoms with E-state index in [1.54, 1.807) is 12.1 Å². The normalized spacial score (nSPS) is 13.5. The van der Waals surface area contributed by atoms with E-state index >= 15 is 0 Å². The summed E-state index contributed by atoms with van der Waals surface area (Å²) < 4.78 is 35.5. The largest absolute Gasteiger partial charge is 0.475 e. The molecule has 11 heteroatoms. The Morgan fingerprint density at radius 3 is 2.71 bits per heavy atom. The number of carbonyl (C=O) groups excluding carboxylic acids is 1. The maximum atomic E-state index is 13.8. The number of aliphatic hydroxyl groups is 1. The molecule has 3 aromatic rings. The Bertz CT molecular complexity index is 1270. The van der Waals surface area contributed by atoms with Gasteiger partial charge in [0.1, 0.15) is 23.7 Å². The van der Waals surface area contributed by atoms with Crippen LogP contribution in [0.15, 0.2) is 41.0 Å². The van der Waals surface area contributed by atoms with Crippen molar-refractivity contribution in [3.63, 3.8) is 0 Å². The molecule has 0 saturated heterocycles. The number of fused-ring (bicyclic) bond motifs is 1. The van der Waals surface area contributed by atoms with Gasteiger partial charge in [0.15, 0.2) is 11.9 Å². The number of aldehydes is 1. The second-order valence-corrected chi connectivity index (χ2v) is 10.2. The molecular weight excluding hydrogens is 447 g/mol. The molecule has 0 bridgehead atoms. The molecule has 8 nitrogen and oxygen atoms in total. The van der Waals surface area contributed by atoms with E-state index in [-0.39, 0.29) is 16.5 Å². The highest BCUT2D eigenvalue weighted by molar-refractivity contribution is 7.92. The van der Waals surface area contributed by atoms with Crippen LogP contribution in [0.3, 0.4) is 0 Å². The zero-order valence-corrected chi connectivity index (χ0v) is 18.5. The van der Waals surface area contributed by atoms with E-state index in [1.807, 2.05) is 0 Å². The zero-order valence-electron chi connectivity index (χ0n) is 16.9. The molecule has 0 amide bonds. The van der Waals surface area contributed by atoms with Gasteiger partial charge in [-0.1, -0.05) is 11.6 Å². The molecule has 0 radical (unpaired) electrons. The van der Waals surface area contributed by atoms with Crippen LogP contribution in [0.5, 0.6) is 5.75 Å². The second kappa shape index (κ2) is 8.74. The molecule has 2 aromatic carbocycles. The molecular formula is C20H20ClFN4O4S. The quantitative estimate of drug-likeness (QED) is 0.508. The Morgan fingerprint density at radius 2 is 2.06 bits per heavy atom. The highest BCUT2D eigenvalue weighted by Gasteiger charge is 2.26. The van der Waals surface area contributed by atoms with Crippen molar-refractivity contribution in [3.05, 3.63) is 47.5 Å². The first-order valence-corrected chi connectivity index (χ1v) is 11.7. The third-order valence-electron chi connectivity index (χ3n) is 4.10. The molecule has 1 heterocycles. The number of carbonyl (C=O) groups is 1. The standard InChI is InChI=1S/C20H20ClFN4O4S/c1-20(9-27,10-28)30-17-6-12(22)4-5-15(17)25-19-18-14(21)7-13(26-31(2,3)29)8-16(18)23-11-24-19/h4-9,11,28H,10H2,1-3H3,(H,23,24,25)/t20-/m0/s1. The van der Waals surface area contributed by atoms with Crippen LogP contribution in [0, 0.1) is 5.82 Å². The Kier molecular flexibility index (Phi) is 6.44. The lowest BCUT2D eigenvalue weighted by Crippen LogP contribution is -2.38. The Balaban J connectivity index is 2.09. The second-order valence-electron chi connectivity index (χ2n) is 7.27. The minimum Gasteiger partial charge on any atom is -0.475 e. The topological polar surface area (TPSA) is 114 Å². The fourth-order valence-electron chi connectivity index (χ4n) is 2.69. The van der Waals surface area contributed by atoms with E-state index in [4.69, 9.17) is 16.3 Å². The van der Waals surface area contributed by atoms with Gasteiger partial charge < -0.3 is 15.2 Å². The van der Waals surface area contributed by atoms with Crippen molar-refractivity contribution in [2.75, 3.05) is 24.4 Å².